The average molecular weight is 334 g/mol. The first-order valence-corrected chi connectivity index (χ1v) is 7.38. The summed E-state index contributed by atoms with van der Waals surface area (Å²) in [4.78, 5) is 0. The lowest BCUT2D eigenvalue weighted by Crippen LogP contribution is -2.07. The van der Waals surface area contributed by atoms with Gasteiger partial charge in [-0.1, -0.05) is 6.07 Å². The normalized spacial score (nSPS) is 16.8. The van der Waals surface area contributed by atoms with E-state index in [0.717, 1.165) is 28.8 Å². The highest BCUT2D eigenvalue weighted by Gasteiger charge is 2.23. The number of halogens is 1. The zero-order chi connectivity index (χ0) is 14.1. The van der Waals surface area contributed by atoms with Gasteiger partial charge in [-0.2, -0.15) is 0 Å². The molecule has 0 aliphatic heterocycles. The second kappa shape index (κ2) is 5.37. The second-order valence-electron chi connectivity index (χ2n) is 4.96. The van der Waals surface area contributed by atoms with Crippen molar-refractivity contribution in [2.24, 2.45) is 0 Å². The Morgan fingerprint density at radius 2 is 2.10 bits per heavy atom. The predicted octanol–water partition coefficient (Wildman–Crippen LogP) is 4.26. The van der Waals surface area contributed by atoms with Gasteiger partial charge in [-0.3, -0.25) is 0 Å². The van der Waals surface area contributed by atoms with E-state index in [-0.39, 0.29) is 6.04 Å². The molecule has 2 aromatic carbocycles. The third-order valence-electron chi connectivity index (χ3n) is 3.71. The molecule has 0 bridgehead atoms. The number of rotatable bonds is 3. The number of anilines is 1. The summed E-state index contributed by atoms with van der Waals surface area (Å²) in [5.41, 5.74) is 3.51. The smallest absolute Gasteiger partial charge is 0.121 e. The molecule has 0 aromatic heterocycles. The van der Waals surface area contributed by atoms with Crippen LogP contribution >= 0.6 is 15.9 Å². The molecule has 3 rings (SSSR count). The zero-order valence-corrected chi connectivity index (χ0v) is 12.8. The van der Waals surface area contributed by atoms with Crippen LogP contribution in [-0.4, -0.2) is 12.2 Å². The van der Waals surface area contributed by atoms with E-state index in [1.54, 1.807) is 13.2 Å². The summed E-state index contributed by atoms with van der Waals surface area (Å²) < 4.78 is 6.28. The minimum Gasteiger partial charge on any atom is -0.508 e. The van der Waals surface area contributed by atoms with Gasteiger partial charge >= 0.3 is 0 Å². The molecule has 0 radical (unpaired) electrons. The maximum atomic E-state index is 9.54. The summed E-state index contributed by atoms with van der Waals surface area (Å²) in [5.74, 6) is 1.17. The van der Waals surface area contributed by atoms with Crippen molar-refractivity contribution < 1.29 is 9.84 Å². The Morgan fingerprint density at radius 3 is 2.90 bits per heavy atom. The molecule has 104 valence electrons. The lowest BCUT2D eigenvalue weighted by molar-refractivity contribution is 0.415. The highest BCUT2D eigenvalue weighted by Crippen LogP contribution is 2.38. The molecule has 2 N–H and O–H groups in total. The molecule has 3 nitrogen and oxygen atoms in total. The van der Waals surface area contributed by atoms with Crippen molar-refractivity contribution in [3.05, 3.63) is 52.0 Å². The van der Waals surface area contributed by atoms with Gasteiger partial charge in [-0.05, 0) is 64.2 Å². The Labute approximate surface area is 126 Å². The first-order chi connectivity index (χ1) is 9.67. The van der Waals surface area contributed by atoms with Gasteiger partial charge in [-0.25, -0.2) is 0 Å². The number of phenolic OH excluding ortho intramolecular Hbond substituents is 1. The quantitative estimate of drug-likeness (QED) is 0.881. The van der Waals surface area contributed by atoms with Gasteiger partial charge in [0.05, 0.1) is 18.8 Å². The van der Waals surface area contributed by atoms with Crippen molar-refractivity contribution in [1.82, 2.24) is 0 Å². The fraction of sp³-hybridized carbons (Fsp3) is 0.250. The summed E-state index contributed by atoms with van der Waals surface area (Å²) in [6.07, 6.45) is 2.02. The molecule has 1 aliphatic carbocycles. The van der Waals surface area contributed by atoms with Crippen molar-refractivity contribution in [1.29, 1.82) is 0 Å². The highest BCUT2D eigenvalue weighted by molar-refractivity contribution is 9.10. The molecule has 4 heteroatoms. The molecule has 0 amide bonds. The van der Waals surface area contributed by atoms with Crippen molar-refractivity contribution in [2.45, 2.75) is 18.9 Å². The molecule has 0 fully saturated rings. The molecule has 0 saturated heterocycles. The molecular weight excluding hydrogens is 318 g/mol. The fourth-order valence-electron chi connectivity index (χ4n) is 2.68. The number of ether oxygens (including phenoxy) is 1. The van der Waals surface area contributed by atoms with E-state index in [1.165, 1.54) is 11.1 Å². The number of nitrogens with one attached hydrogen (secondary N) is 1. The van der Waals surface area contributed by atoms with E-state index in [9.17, 15) is 5.11 Å². The molecule has 1 aliphatic rings. The van der Waals surface area contributed by atoms with Crippen LogP contribution in [0.15, 0.2) is 40.9 Å². The highest BCUT2D eigenvalue weighted by atomic mass is 79.9. The number of hydrogen-bond acceptors (Lipinski definition) is 3. The number of benzene rings is 2. The van der Waals surface area contributed by atoms with Gasteiger partial charge in [0, 0.05) is 10.5 Å². The number of fused-ring (bicyclic) bond motifs is 1. The number of methoxy groups -OCH3 is 1. The maximum absolute atomic E-state index is 9.54. The van der Waals surface area contributed by atoms with E-state index < -0.39 is 0 Å². The molecule has 0 saturated carbocycles. The Balaban J connectivity index is 1.87. The van der Waals surface area contributed by atoms with Crippen molar-refractivity contribution >= 4 is 21.6 Å². The standard InChI is InChI=1S/C16H16BrNO2/c1-20-12-4-6-14(17)16(9-12)18-15-7-2-10-8-11(19)3-5-13(10)15/h3-6,8-9,15,18-19H,2,7H2,1H3. The summed E-state index contributed by atoms with van der Waals surface area (Å²) in [5, 5.41) is 13.1. The second-order valence-corrected chi connectivity index (χ2v) is 5.82. The molecule has 20 heavy (non-hydrogen) atoms. The van der Waals surface area contributed by atoms with Crippen molar-refractivity contribution in [3.63, 3.8) is 0 Å². The van der Waals surface area contributed by atoms with Gasteiger partial charge in [0.25, 0.3) is 0 Å². The van der Waals surface area contributed by atoms with Crippen LogP contribution < -0.4 is 10.1 Å². The molecule has 0 heterocycles. The van der Waals surface area contributed by atoms with Crippen LogP contribution in [0, 0.1) is 0 Å². The van der Waals surface area contributed by atoms with Crippen LogP contribution in [0.2, 0.25) is 0 Å². The average Bonchev–Trinajstić information content (AvgIpc) is 2.83. The van der Waals surface area contributed by atoms with Crippen LogP contribution in [0.4, 0.5) is 5.69 Å². The minimum atomic E-state index is 0.272. The van der Waals surface area contributed by atoms with Crippen molar-refractivity contribution in [2.75, 3.05) is 12.4 Å². The number of hydrogen-bond donors (Lipinski definition) is 2. The SMILES string of the molecule is COc1ccc(Br)c(NC2CCc3cc(O)ccc32)c1. The fourth-order valence-corrected chi connectivity index (χ4v) is 3.04. The zero-order valence-electron chi connectivity index (χ0n) is 11.2. The topological polar surface area (TPSA) is 41.5 Å². The third-order valence-corrected chi connectivity index (χ3v) is 4.40. The van der Waals surface area contributed by atoms with E-state index >= 15 is 0 Å². The Hall–Kier alpha value is -1.68. The van der Waals surface area contributed by atoms with Gasteiger partial charge in [0.15, 0.2) is 0 Å². The van der Waals surface area contributed by atoms with Gasteiger partial charge in [0.2, 0.25) is 0 Å². The summed E-state index contributed by atoms with van der Waals surface area (Å²) in [6, 6.07) is 11.8. The predicted molar refractivity (Wildman–Crippen MR) is 83.5 cm³/mol. The van der Waals surface area contributed by atoms with E-state index in [2.05, 4.69) is 21.2 Å². The Morgan fingerprint density at radius 1 is 1.25 bits per heavy atom. The molecule has 1 unspecified atom stereocenters. The van der Waals surface area contributed by atoms with E-state index in [1.807, 2.05) is 30.3 Å². The first kappa shape index (κ1) is 13.3. The van der Waals surface area contributed by atoms with Gasteiger partial charge in [0.1, 0.15) is 11.5 Å². The van der Waals surface area contributed by atoms with E-state index in [0.29, 0.717) is 5.75 Å². The summed E-state index contributed by atoms with van der Waals surface area (Å²) in [6.45, 7) is 0. The van der Waals surface area contributed by atoms with Crippen LogP contribution in [0.25, 0.3) is 0 Å². The monoisotopic (exact) mass is 333 g/mol. The van der Waals surface area contributed by atoms with Gasteiger partial charge in [-0.15, -0.1) is 0 Å². The Kier molecular flexibility index (Phi) is 3.57. The van der Waals surface area contributed by atoms with Crippen LogP contribution in [-0.2, 0) is 6.42 Å². The molecule has 1 atom stereocenters. The van der Waals surface area contributed by atoms with Crippen LogP contribution in [0.3, 0.4) is 0 Å². The summed E-state index contributed by atoms with van der Waals surface area (Å²) in [7, 11) is 1.67. The van der Waals surface area contributed by atoms with Crippen LogP contribution in [0.5, 0.6) is 11.5 Å². The minimum absolute atomic E-state index is 0.272. The number of phenols is 1. The maximum Gasteiger partial charge on any atom is 0.121 e. The van der Waals surface area contributed by atoms with E-state index in [4.69, 9.17) is 4.74 Å². The lowest BCUT2D eigenvalue weighted by atomic mass is 10.1. The largest absolute Gasteiger partial charge is 0.508 e. The molecule has 2 aromatic rings. The number of aryl methyl sites for hydroxylation is 1. The molecule has 0 spiro atoms. The summed E-state index contributed by atoms with van der Waals surface area (Å²) >= 11 is 3.56. The molecular formula is C16H16BrNO2. The first-order valence-electron chi connectivity index (χ1n) is 6.59. The Bertz CT molecular complexity index is 642. The van der Waals surface area contributed by atoms with Crippen LogP contribution in [0.1, 0.15) is 23.6 Å². The van der Waals surface area contributed by atoms with Crippen molar-refractivity contribution in [3.8, 4) is 11.5 Å². The number of aromatic hydroxyl groups is 1. The lowest BCUT2D eigenvalue weighted by Gasteiger charge is -2.17. The van der Waals surface area contributed by atoms with Gasteiger partial charge < -0.3 is 15.2 Å². The third kappa shape index (κ3) is 2.48.